The van der Waals surface area contributed by atoms with Gasteiger partial charge in [0.1, 0.15) is 0 Å². The summed E-state index contributed by atoms with van der Waals surface area (Å²) in [5.41, 5.74) is -0.564. The van der Waals surface area contributed by atoms with Gasteiger partial charge in [0.25, 0.3) is 0 Å². The smallest absolute Gasteiger partial charge is 0.338 e. The number of carbonyl (C=O) groups is 1. The van der Waals surface area contributed by atoms with E-state index < -0.39 is 23.2 Å². The minimum atomic E-state index is -1.47. The van der Waals surface area contributed by atoms with Gasteiger partial charge in [-0.15, -0.1) is 0 Å². The quantitative estimate of drug-likeness (QED) is 0.880. The Kier molecular flexibility index (Phi) is 4.64. The van der Waals surface area contributed by atoms with Crippen molar-refractivity contribution in [3.63, 3.8) is 0 Å². The van der Waals surface area contributed by atoms with Crippen LogP contribution in [-0.2, 0) is 0 Å². The van der Waals surface area contributed by atoms with Crippen molar-refractivity contribution in [1.29, 1.82) is 0 Å². The number of carboxylic acids is 1. The summed E-state index contributed by atoms with van der Waals surface area (Å²) < 4.78 is 27.3. The van der Waals surface area contributed by atoms with Crippen LogP contribution in [0.1, 0.15) is 37.0 Å². The van der Waals surface area contributed by atoms with Gasteiger partial charge >= 0.3 is 5.97 Å². The van der Waals surface area contributed by atoms with Crippen LogP contribution in [0, 0.1) is 11.6 Å². The van der Waals surface area contributed by atoms with Gasteiger partial charge < -0.3 is 10.0 Å². The fourth-order valence-corrected chi connectivity index (χ4v) is 1.83. The lowest BCUT2D eigenvalue weighted by Gasteiger charge is -2.27. The van der Waals surface area contributed by atoms with E-state index in [-0.39, 0.29) is 11.7 Å². The van der Waals surface area contributed by atoms with Crippen molar-refractivity contribution in [3.05, 3.63) is 29.3 Å². The van der Waals surface area contributed by atoms with E-state index in [0.29, 0.717) is 0 Å². The highest BCUT2D eigenvalue weighted by Crippen LogP contribution is 2.25. The third-order valence-corrected chi connectivity index (χ3v) is 3.04. The van der Waals surface area contributed by atoms with Crippen LogP contribution in [0.3, 0.4) is 0 Å². The second-order valence-corrected chi connectivity index (χ2v) is 4.31. The largest absolute Gasteiger partial charge is 0.478 e. The number of hydrogen-bond acceptors (Lipinski definition) is 2. The van der Waals surface area contributed by atoms with Crippen LogP contribution in [0.2, 0.25) is 0 Å². The van der Waals surface area contributed by atoms with Crippen molar-refractivity contribution < 1.29 is 18.7 Å². The molecule has 18 heavy (non-hydrogen) atoms. The first-order valence-corrected chi connectivity index (χ1v) is 5.84. The maximum atomic E-state index is 13.8. The van der Waals surface area contributed by atoms with E-state index in [1.807, 2.05) is 13.8 Å². The summed E-state index contributed by atoms with van der Waals surface area (Å²) in [6.45, 7) is 3.92. The third-order valence-electron chi connectivity index (χ3n) is 3.04. The van der Waals surface area contributed by atoms with E-state index in [2.05, 4.69) is 0 Å². The van der Waals surface area contributed by atoms with Crippen molar-refractivity contribution in [1.82, 2.24) is 0 Å². The molecule has 0 aliphatic rings. The predicted octanol–water partition coefficient (Wildman–Crippen LogP) is 3.29. The third kappa shape index (κ3) is 2.78. The number of benzene rings is 1. The maximum absolute atomic E-state index is 13.8. The van der Waals surface area contributed by atoms with Crippen molar-refractivity contribution >= 4 is 11.7 Å². The van der Waals surface area contributed by atoms with E-state index in [1.165, 1.54) is 6.07 Å². The second-order valence-electron chi connectivity index (χ2n) is 4.31. The zero-order valence-corrected chi connectivity index (χ0v) is 10.7. The van der Waals surface area contributed by atoms with Crippen molar-refractivity contribution in [2.75, 3.05) is 11.9 Å². The Bertz CT molecular complexity index is 449. The molecule has 0 heterocycles. The number of carboxylic acid groups (broad SMARTS) is 1. The maximum Gasteiger partial charge on any atom is 0.338 e. The van der Waals surface area contributed by atoms with E-state index in [0.717, 1.165) is 18.9 Å². The molecule has 1 unspecified atom stereocenters. The molecule has 1 aromatic carbocycles. The van der Waals surface area contributed by atoms with Crippen LogP contribution >= 0.6 is 0 Å². The number of rotatable bonds is 5. The Labute approximate surface area is 105 Å². The van der Waals surface area contributed by atoms with E-state index in [1.54, 1.807) is 11.9 Å². The van der Waals surface area contributed by atoms with Crippen LogP contribution in [0.15, 0.2) is 12.1 Å². The van der Waals surface area contributed by atoms with Crippen LogP contribution in [0.4, 0.5) is 14.5 Å². The van der Waals surface area contributed by atoms with E-state index in [9.17, 15) is 13.6 Å². The summed E-state index contributed by atoms with van der Waals surface area (Å²) >= 11 is 0. The minimum Gasteiger partial charge on any atom is -0.478 e. The lowest BCUT2D eigenvalue weighted by Crippen LogP contribution is -2.29. The van der Waals surface area contributed by atoms with Gasteiger partial charge in [-0.1, -0.05) is 13.3 Å². The topological polar surface area (TPSA) is 40.5 Å². The molecule has 1 rings (SSSR count). The second kappa shape index (κ2) is 5.80. The molecular formula is C13H17F2NO2. The molecule has 1 N–H and O–H groups in total. The van der Waals surface area contributed by atoms with E-state index >= 15 is 0 Å². The van der Waals surface area contributed by atoms with Gasteiger partial charge in [0.2, 0.25) is 0 Å². The first kappa shape index (κ1) is 14.4. The SMILES string of the molecule is CCCC(C)N(C)c1ccc(C(=O)O)c(F)c1F. The van der Waals surface area contributed by atoms with Crippen molar-refractivity contribution in [2.24, 2.45) is 0 Å². The lowest BCUT2D eigenvalue weighted by atomic mass is 10.1. The molecule has 0 bridgehead atoms. The molecule has 1 atom stereocenters. The van der Waals surface area contributed by atoms with Crippen molar-refractivity contribution in [2.45, 2.75) is 32.7 Å². The standard InChI is InChI=1S/C13H17F2NO2/c1-4-5-8(2)16(3)10-7-6-9(13(17)18)11(14)12(10)15/h6-8H,4-5H2,1-3H3,(H,17,18). The Balaban J connectivity index is 3.12. The first-order chi connectivity index (χ1) is 8.40. The minimum absolute atomic E-state index is 0.0552. The molecule has 0 spiro atoms. The highest BCUT2D eigenvalue weighted by molar-refractivity contribution is 5.88. The number of halogens is 2. The normalized spacial score (nSPS) is 12.3. The number of nitrogens with zero attached hydrogens (tertiary/aromatic N) is 1. The summed E-state index contributed by atoms with van der Waals surface area (Å²) in [5.74, 6) is -3.89. The molecule has 100 valence electrons. The van der Waals surface area contributed by atoms with Crippen LogP contribution < -0.4 is 4.90 Å². The van der Waals surface area contributed by atoms with Gasteiger partial charge in [0.05, 0.1) is 11.3 Å². The van der Waals surface area contributed by atoms with Gasteiger partial charge in [-0.2, -0.15) is 0 Å². The molecule has 0 aliphatic carbocycles. The number of anilines is 1. The summed E-state index contributed by atoms with van der Waals surface area (Å²) in [5, 5.41) is 8.69. The molecule has 0 saturated heterocycles. The van der Waals surface area contributed by atoms with Gasteiger partial charge in [-0.25, -0.2) is 13.6 Å². The molecule has 0 amide bonds. The monoisotopic (exact) mass is 257 g/mol. The van der Waals surface area contributed by atoms with Gasteiger partial charge in [0.15, 0.2) is 11.6 Å². The van der Waals surface area contributed by atoms with Gasteiger partial charge in [-0.05, 0) is 25.5 Å². The molecule has 3 nitrogen and oxygen atoms in total. The first-order valence-electron chi connectivity index (χ1n) is 5.84. The fraction of sp³-hybridized carbons (Fsp3) is 0.462. The number of hydrogen-bond donors (Lipinski definition) is 1. The molecule has 1 aromatic rings. The van der Waals surface area contributed by atoms with Crippen LogP contribution in [-0.4, -0.2) is 24.2 Å². The summed E-state index contributed by atoms with van der Waals surface area (Å²) in [4.78, 5) is 12.3. The molecule has 0 radical (unpaired) electrons. The van der Waals surface area contributed by atoms with Gasteiger partial charge in [-0.3, -0.25) is 0 Å². The highest BCUT2D eigenvalue weighted by atomic mass is 19.2. The zero-order chi connectivity index (χ0) is 13.9. The average molecular weight is 257 g/mol. The summed E-state index contributed by atoms with van der Waals surface area (Å²) in [7, 11) is 1.67. The molecule has 5 heteroatoms. The van der Waals surface area contributed by atoms with Crippen LogP contribution in [0.5, 0.6) is 0 Å². The Morgan fingerprint density at radius 1 is 1.39 bits per heavy atom. The molecule has 0 aromatic heterocycles. The summed E-state index contributed by atoms with van der Waals surface area (Å²) in [6.07, 6.45) is 1.78. The molecular weight excluding hydrogens is 240 g/mol. The van der Waals surface area contributed by atoms with E-state index in [4.69, 9.17) is 5.11 Å². The Morgan fingerprint density at radius 3 is 2.50 bits per heavy atom. The fourth-order valence-electron chi connectivity index (χ4n) is 1.83. The molecule has 0 fully saturated rings. The highest BCUT2D eigenvalue weighted by Gasteiger charge is 2.21. The predicted molar refractivity (Wildman–Crippen MR) is 66.1 cm³/mol. The molecule has 0 saturated carbocycles. The van der Waals surface area contributed by atoms with Crippen LogP contribution in [0.25, 0.3) is 0 Å². The number of aromatic carboxylic acids is 1. The average Bonchev–Trinajstić information content (AvgIpc) is 2.31. The Morgan fingerprint density at radius 2 is 2.00 bits per heavy atom. The van der Waals surface area contributed by atoms with Crippen molar-refractivity contribution in [3.8, 4) is 0 Å². The Hall–Kier alpha value is -1.65. The zero-order valence-electron chi connectivity index (χ0n) is 10.7. The lowest BCUT2D eigenvalue weighted by molar-refractivity contribution is 0.0690. The van der Waals surface area contributed by atoms with Gasteiger partial charge in [0, 0.05) is 13.1 Å². The summed E-state index contributed by atoms with van der Waals surface area (Å²) in [6, 6.07) is 2.44. The molecule has 0 aliphatic heterocycles.